The molecule has 1 saturated heterocycles. The van der Waals surface area contributed by atoms with Gasteiger partial charge in [-0.3, -0.25) is 4.79 Å². The van der Waals surface area contributed by atoms with Crippen molar-refractivity contribution in [2.24, 2.45) is 5.92 Å². The summed E-state index contributed by atoms with van der Waals surface area (Å²) in [6, 6.07) is 8.19. The van der Waals surface area contributed by atoms with Crippen molar-refractivity contribution in [3.8, 4) is 0 Å². The average Bonchev–Trinajstić information content (AvgIpc) is 2.92. The zero-order valence-corrected chi connectivity index (χ0v) is 12.8. The largest absolute Gasteiger partial charge is 0.361 e. The fraction of sp³-hybridized carbons (Fsp3) is 0.500. The molecule has 0 bridgehead atoms. The zero-order valence-electron chi connectivity index (χ0n) is 12.8. The van der Waals surface area contributed by atoms with Gasteiger partial charge in [0.15, 0.2) is 0 Å². The van der Waals surface area contributed by atoms with Crippen molar-refractivity contribution in [1.29, 1.82) is 0 Å². The maximum atomic E-state index is 12.5. The van der Waals surface area contributed by atoms with E-state index in [2.05, 4.69) is 24.0 Å². The third-order valence-electron chi connectivity index (χ3n) is 4.68. The lowest BCUT2D eigenvalue weighted by Crippen LogP contribution is -2.39. The van der Waals surface area contributed by atoms with Crippen molar-refractivity contribution >= 4 is 16.8 Å². The lowest BCUT2D eigenvalue weighted by molar-refractivity contribution is -0.131. The van der Waals surface area contributed by atoms with Crippen LogP contribution < -0.4 is 0 Å². The summed E-state index contributed by atoms with van der Waals surface area (Å²) in [5.41, 5.74) is 2.23. The molecule has 1 amide bonds. The number of nitrogens with zero attached hydrogens (tertiary/aromatic N) is 1. The molecule has 1 fully saturated rings. The lowest BCUT2D eigenvalue weighted by Gasteiger charge is -2.32. The molecular formula is C18H24N2O. The Balaban J connectivity index is 1.62. The van der Waals surface area contributed by atoms with Crippen LogP contribution in [0.4, 0.5) is 0 Å². The summed E-state index contributed by atoms with van der Waals surface area (Å²) >= 11 is 0. The van der Waals surface area contributed by atoms with Crippen LogP contribution in [0.25, 0.3) is 10.9 Å². The molecule has 0 saturated carbocycles. The molecule has 3 heteroatoms. The van der Waals surface area contributed by atoms with Crippen molar-refractivity contribution in [3.05, 3.63) is 36.0 Å². The van der Waals surface area contributed by atoms with Crippen molar-refractivity contribution in [3.63, 3.8) is 0 Å². The molecule has 3 rings (SSSR count). The fourth-order valence-electron chi connectivity index (χ4n) is 3.43. The first-order valence-electron chi connectivity index (χ1n) is 8.10. The molecule has 21 heavy (non-hydrogen) atoms. The van der Waals surface area contributed by atoms with Gasteiger partial charge in [0.1, 0.15) is 0 Å². The van der Waals surface area contributed by atoms with Gasteiger partial charge < -0.3 is 9.88 Å². The minimum atomic E-state index is 0.273. The van der Waals surface area contributed by atoms with E-state index in [0.717, 1.165) is 30.1 Å². The van der Waals surface area contributed by atoms with Gasteiger partial charge >= 0.3 is 0 Å². The number of rotatable bonds is 4. The fourth-order valence-corrected chi connectivity index (χ4v) is 3.43. The second-order valence-corrected chi connectivity index (χ2v) is 6.15. The van der Waals surface area contributed by atoms with Crippen LogP contribution in [-0.2, 0) is 11.2 Å². The molecule has 0 aliphatic carbocycles. The van der Waals surface area contributed by atoms with Crippen LogP contribution in [0.3, 0.4) is 0 Å². The predicted octanol–water partition coefficient (Wildman–Crippen LogP) is 3.75. The second kappa shape index (κ2) is 6.33. The average molecular weight is 284 g/mol. The highest BCUT2D eigenvalue weighted by atomic mass is 16.2. The van der Waals surface area contributed by atoms with Crippen LogP contribution in [0.5, 0.6) is 0 Å². The molecule has 1 N–H and O–H groups in total. The van der Waals surface area contributed by atoms with E-state index in [1.807, 2.05) is 23.2 Å². The van der Waals surface area contributed by atoms with Gasteiger partial charge in [-0.25, -0.2) is 0 Å². The van der Waals surface area contributed by atoms with Crippen LogP contribution in [-0.4, -0.2) is 28.9 Å². The van der Waals surface area contributed by atoms with E-state index < -0.39 is 0 Å². The molecule has 0 atom stereocenters. The van der Waals surface area contributed by atoms with Crippen LogP contribution in [0, 0.1) is 5.92 Å². The topological polar surface area (TPSA) is 36.1 Å². The highest BCUT2D eigenvalue weighted by Gasteiger charge is 2.22. The van der Waals surface area contributed by atoms with Gasteiger partial charge in [0.25, 0.3) is 0 Å². The van der Waals surface area contributed by atoms with Gasteiger partial charge in [0, 0.05) is 30.2 Å². The summed E-state index contributed by atoms with van der Waals surface area (Å²) in [5, 5.41) is 1.17. The van der Waals surface area contributed by atoms with Crippen molar-refractivity contribution < 1.29 is 4.79 Å². The Hall–Kier alpha value is -1.77. The van der Waals surface area contributed by atoms with Gasteiger partial charge in [-0.2, -0.15) is 0 Å². The Morgan fingerprint density at radius 3 is 2.81 bits per heavy atom. The van der Waals surface area contributed by atoms with Crippen LogP contribution in [0.15, 0.2) is 30.5 Å². The summed E-state index contributed by atoms with van der Waals surface area (Å²) in [6.07, 6.45) is 7.41. The lowest BCUT2D eigenvalue weighted by atomic mass is 9.92. The first-order chi connectivity index (χ1) is 10.3. The molecular weight excluding hydrogens is 260 g/mol. The number of amides is 1. The van der Waals surface area contributed by atoms with Gasteiger partial charge in [-0.15, -0.1) is 0 Å². The number of aromatic nitrogens is 1. The number of fused-ring (bicyclic) bond motifs is 1. The predicted molar refractivity (Wildman–Crippen MR) is 86.2 cm³/mol. The number of carbonyl (C=O) groups is 1. The van der Waals surface area contributed by atoms with Crippen molar-refractivity contribution in [1.82, 2.24) is 9.88 Å². The molecule has 112 valence electrons. The van der Waals surface area contributed by atoms with Gasteiger partial charge in [0.05, 0.1) is 6.42 Å². The monoisotopic (exact) mass is 284 g/mol. The maximum Gasteiger partial charge on any atom is 0.227 e. The molecule has 2 heterocycles. The molecule has 0 unspecified atom stereocenters. The Labute approximate surface area is 126 Å². The van der Waals surface area contributed by atoms with Crippen molar-refractivity contribution in [2.75, 3.05) is 13.1 Å². The van der Waals surface area contributed by atoms with Crippen LogP contribution in [0.1, 0.15) is 38.2 Å². The molecule has 3 nitrogen and oxygen atoms in total. The number of hydrogen-bond acceptors (Lipinski definition) is 1. The minimum absolute atomic E-state index is 0.273. The van der Waals surface area contributed by atoms with Crippen LogP contribution >= 0.6 is 0 Å². The standard InChI is InChI=1S/C18H24N2O/c1-2-5-14-8-10-20(11-9-14)18(21)12-15-13-19-17-7-4-3-6-16(15)17/h3-4,6-7,13-14,19H,2,5,8-12H2,1H3. The molecule has 1 aliphatic heterocycles. The summed E-state index contributed by atoms with van der Waals surface area (Å²) < 4.78 is 0. The quantitative estimate of drug-likeness (QED) is 0.912. The summed E-state index contributed by atoms with van der Waals surface area (Å²) in [6.45, 7) is 4.12. The third kappa shape index (κ3) is 3.12. The molecule has 0 radical (unpaired) electrons. The summed E-state index contributed by atoms with van der Waals surface area (Å²) in [5.74, 6) is 1.10. The second-order valence-electron chi connectivity index (χ2n) is 6.15. The normalized spacial score (nSPS) is 16.5. The number of piperidine rings is 1. The Bertz CT molecular complexity index is 608. The number of nitrogens with one attached hydrogen (secondary N) is 1. The molecule has 1 aliphatic rings. The van der Waals surface area contributed by atoms with E-state index in [1.54, 1.807) is 0 Å². The van der Waals surface area contributed by atoms with E-state index in [9.17, 15) is 4.79 Å². The van der Waals surface area contributed by atoms with E-state index in [4.69, 9.17) is 0 Å². The number of carbonyl (C=O) groups excluding carboxylic acids is 1. The minimum Gasteiger partial charge on any atom is -0.361 e. The van der Waals surface area contributed by atoms with E-state index in [1.165, 1.54) is 31.1 Å². The number of hydrogen-bond donors (Lipinski definition) is 1. The third-order valence-corrected chi connectivity index (χ3v) is 4.68. The summed E-state index contributed by atoms with van der Waals surface area (Å²) in [7, 11) is 0. The highest BCUT2D eigenvalue weighted by Crippen LogP contribution is 2.23. The Morgan fingerprint density at radius 1 is 1.29 bits per heavy atom. The highest BCUT2D eigenvalue weighted by molar-refractivity contribution is 5.88. The Kier molecular flexibility index (Phi) is 4.28. The Morgan fingerprint density at radius 2 is 2.05 bits per heavy atom. The van der Waals surface area contributed by atoms with Gasteiger partial charge in [-0.1, -0.05) is 38.0 Å². The maximum absolute atomic E-state index is 12.5. The molecule has 2 aromatic rings. The number of aromatic amines is 1. The first-order valence-corrected chi connectivity index (χ1v) is 8.10. The molecule has 1 aromatic carbocycles. The zero-order chi connectivity index (χ0) is 14.7. The number of benzene rings is 1. The number of H-pyrrole nitrogens is 1. The van der Waals surface area contributed by atoms with Gasteiger partial charge in [-0.05, 0) is 30.4 Å². The summed E-state index contributed by atoms with van der Waals surface area (Å²) in [4.78, 5) is 17.8. The van der Waals surface area contributed by atoms with E-state index >= 15 is 0 Å². The number of likely N-dealkylation sites (tertiary alicyclic amines) is 1. The van der Waals surface area contributed by atoms with Crippen LogP contribution in [0.2, 0.25) is 0 Å². The first kappa shape index (κ1) is 14.2. The smallest absolute Gasteiger partial charge is 0.227 e. The van der Waals surface area contributed by atoms with Gasteiger partial charge in [0.2, 0.25) is 5.91 Å². The SMILES string of the molecule is CCCC1CCN(C(=O)Cc2c[nH]c3ccccc23)CC1. The molecule has 0 spiro atoms. The van der Waals surface area contributed by atoms with E-state index in [-0.39, 0.29) is 5.91 Å². The van der Waals surface area contributed by atoms with E-state index in [0.29, 0.717) is 6.42 Å². The molecule has 1 aromatic heterocycles. The van der Waals surface area contributed by atoms with Crippen molar-refractivity contribution in [2.45, 2.75) is 39.0 Å². The number of para-hydroxylation sites is 1.